The molecule has 1 fully saturated rings. The van der Waals surface area contributed by atoms with Gasteiger partial charge in [0.2, 0.25) is 15.9 Å². The standard InChI is InChI=1S/C20H20ClF3N2O3S/c1-12-8-13(2)10-14(9-12)25-19(27)18-4-3-7-26(18)30(28,29)15-5-6-17(21)16(11-15)20(22,23)24/h5-6,8-11,18H,3-4,7H2,1-2H3,(H,25,27)/t18-/m0/s1. The Labute approximate surface area is 177 Å². The van der Waals surface area contributed by atoms with E-state index in [2.05, 4.69) is 5.32 Å². The summed E-state index contributed by atoms with van der Waals surface area (Å²) in [6, 6.07) is 6.86. The Morgan fingerprint density at radius 2 is 1.77 bits per heavy atom. The summed E-state index contributed by atoms with van der Waals surface area (Å²) in [7, 11) is -4.33. The van der Waals surface area contributed by atoms with Crippen LogP contribution in [0.3, 0.4) is 0 Å². The first kappa shape index (κ1) is 22.6. The Balaban J connectivity index is 1.89. The van der Waals surface area contributed by atoms with Crippen LogP contribution in [-0.2, 0) is 21.0 Å². The number of amides is 1. The van der Waals surface area contributed by atoms with Crippen LogP contribution in [0.1, 0.15) is 29.5 Å². The van der Waals surface area contributed by atoms with Crippen LogP contribution in [0.5, 0.6) is 0 Å². The van der Waals surface area contributed by atoms with E-state index in [1.807, 2.05) is 19.9 Å². The zero-order valence-electron chi connectivity index (χ0n) is 16.3. The van der Waals surface area contributed by atoms with E-state index in [9.17, 15) is 26.4 Å². The predicted molar refractivity (Wildman–Crippen MR) is 108 cm³/mol. The van der Waals surface area contributed by atoms with Crippen molar-refractivity contribution in [2.45, 2.75) is 43.8 Å². The van der Waals surface area contributed by atoms with Gasteiger partial charge in [-0.05, 0) is 68.1 Å². The molecule has 1 amide bonds. The van der Waals surface area contributed by atoms with Crippen LogP contribution in [0, 0.1) is 13.8 Å². The van der Waals surface area contributed by atoms with Crippen molar-refractivity contribution in [1.82, 2.24) is 4.31 Å². The van der Waals surface area contributed by atoms with Gasteiger partial charge in [0, 0.05) is 12.2 Å². The van der Waals surface area contributed by atoms with Crippen LogP contribution in [-0.4, -0.2) is 31.2 Å². The van der Waals surface area contributed by atoms with Gasteiger partial charge >= 0.3 is 6.18 Å². The average Bonchev–Trinajstić information content (AvgIpc) is 3.10. The van der Waals surface area contributed by atoms with Crippen molar-refractivity contribution >= 4 is 33.2 Å². The summed E-state index contributed by atoms with van der Waals surface area (Å²) in [5, 5.41) is 2.13. The molecule has 162 valence electrons. The van der Waals surface area contributed by atoms with E-state index in [0.29, 0.717) is 18.2 Å². The molecule has 1 saturated heterocycles. The highest BCUT2D eigenvalue weighted by Gasteiger charge is 2.41. The van der Waals surface area contributed by atoms with E-state index in [1.165, 1.54) is 0 Å². The summed E-state index contributed by atoms with van der Waals surface area (Å²) >= 11 is 5.59. The fraction of sp³-hybridized carbons (Fsp3) is 0.350. The lowest BCUT2D eigenvalue weighted by atomic mass is 10.1. The summed E-state index contributed by atoms with van der Waals surface area (Å²) < 4.78 is 66.5. The molecule has 0 spiro atoms. The van der Waals surface area contributed by atoms with Crippen LogP contribution in [0.15, 0.2) is 41.3 Å². The maximum Gasteiger partial charge on any atom is 0.417 e. The topological polar surface area (TPSA) is 66.5 Å². The second kappa shape index (κ2) is 8.20. The van der Waals surface area contributed by atoms with Gasteiger partial charge in [-0.25, -0.2) is 8.42 Å². The molecule has 0 unspecified atom stereocenters. The van der Waals surface area contributed by atoms with Crippen molar-refractivity contribution in [1.29, 1.82) is 0 Å². The number of nitrogens with zero attached hydrogens (tertiary/aromatic N) is 1. The molecule has 3 rings (SSSR count). The monoisotopic (exact) mass is 460 g/mol. The number of benzene rings is 2. The maximum absolute atomic E-state index is 13.1. The van der Waals surface area contributed by atoms with Gasteiger partial charge in [-0.2, -0.15) is 17.5 Å². The average molecular weight is 461 g/mol. The number of nitrogens with one attached hydrogen (secondary N) is 1. The Bertz CT molecular complexity index is 1070. The second-order valence-electron chi connectivity index (χ2n) is 7.28. The highest BCUT2D eigenvalue weighted by atomic mass is 35.5. The molecule has 0 aliphatic carbocycles. The zero-order valence-corrected chi connectivity index (χ0v) is 17.8. The van der Waals surface area contributed by atoms with E-state index in [4.69, 9.17) is 11.6 Å². The first-order chi connectivity index (χ1) is 13.9. The van der Waals surface area contributed by atoms with Crippen molar-refractivity contribution in [2.24, 2.45) is 0 Å². The van der Waals surface area contributed by atoms with Crippen LogP contribution in [0.25, 0.3) is 0 Å². The molecule has 0 bridgehead atoms. The number of hydrogen-bond acceptors (Lipinski definition) is 3. The lowest BCUT2D eigenvalue weighted by Crippen LogP contribution is -2.43. The van der Waals surface area contributed by atoms with Crippen LogP contribution < -0.4 is 5.32 Å². The Morgan fingerprint density at radius 3 is 2.37 bits per heavy atom. The zero-order chi connectivity index (χ0) is 22.3. The van der Waals surface area contributed by atoms with Crippen molar-refractivity contribution in [3.63, 3.8) is 0 Å². The quantitative estimate of drug-likeness (QED) is 0.714. The van der Waals surface area contributed by atoms with Gasteiger partial charge in [0.15, 0.2) is 0 Å². The van der Waals surface area contributed by atoms with E-state index < -0.39 is 43.6 Å². The first-order valence-electron chi connectivity index (χ1n) is 9.17. The minimum Gasteiger partial charge on any atom is -0.325 e. The number of rotatable bonds is 4. The van der Waals surface area contributed by atoms with Gasteiger partial charge in [-0.15, -0.1) is 0 Å². The Hall–Kier alpha value is -2.10. The summed E-state index contributed by atoms with van der Waals surface area (Å²) in [6.45, 7) is 3.78. The minimum absolute atomic E-state index is 0.0389. The summed E-state index contributed by atoms with van der Waals surface area (Å²) in [4.78, 5) is 12.2. The smallest absolute Gasteiger partial charge is 0.325 e. The minimum atomic E-state index is -4.80. The van der Waals surface area contributed by atoms with E-state index in [1.54, 1.807) is 12.1 Å². The molecule has 1 N–H and O–H groups in total. The highest BCUT2D eigenvalue weighted by Crippen LogP contribution is 2.37. The third-order valence-electron chi connectivity index (χ3n) is 4.85. The lowest BCUT2D eigenvalue weighted by molar-refractivity contribution is -0.137. The van der Waals surface area contributed by atoms with Gasteiger partial charge in [-0.1, -0.05) is 17.7 Å². The maximum atomic E-state index is 13.1. The molecule has 1 aliphatic rings. The third-order valence-corrected chi connectivity index (χ3v) is 7.08. The molecule has 2 aromatic carbocycles. The molecule has 2 aromatic rings. The number of anilines is 1. The number of alkyl halides is 3. The van der Waals surface area contributed by atoms with Crippen LogP contribution in [0.2, 0.25) is 5.02 Å². The van der Waals surface area contributed by atoms with Gasteiger partial charge in [0.25, 0.3) is 0 Å². The van der Waals surface area contributed by atoms with Crippen LogP contribution >= 0.6 is 11.6 Å². The Morgan fingerprint density at radius 1 is 1.13 bits per heavy atom. The lowest BCUT2D eigenvalue weighted by Gasteiger charge is -2.24. The number of carbonyl (C=O) groups excluding carboxylic acids is 1. The fourth-order valence-corrected chi connectivity index (χ4v) is 5.49. The number of halogens is 4. The van der Waals surface area contributed by atoms with Crippen molar-refractivity contribution < 1.29 is 26.4 Å². The molecule has 1 aliphatic heterocycles. The van der Waals surface area contributed by atoms with E-state index >= 15 is 0 Å². The van der Waals surface area contributed by atoms with Gasteiger partial charge in [0.1, 0.15) is 6.04 Å². The Kier molecular flexibility index (Phi) is 6.18. The molecule has 1 atom stereocenters. The normalized spacial score (nSPS) is 17.9. The molecule has 5 nitrogen and oxygen atoms in total. The van der Waals surface area contributed by atoms with Gasteiger partial charge in [-0.3, -0.25) is 4.79 Å². The molecule has 1 heterocycles. The van der Waals surface area contributed by atoms with Gasteiger partial charge in [0.05, 0.1) is 15.5 Å². The SMILES string of the molecule is Cc1cc(C)cc(NC(=O)[C@@H]2CCCN2S(=O)(=O)c2ccc(Cl)c(C(F)(F)F)c2)c1. The van der Waals surface area contributed by atoms with Crippen molar-refractivity contribution in [2.75, 3.05) is 11.9 Å². The van der Waals surface area contributed by atoms with Gasteiger partial charge < -0.3 is 5.32 Å². The third kappa shape index (κ3) is 4.63. The van der Waals surface area contributed by atoms with E-state index in [-0.39, 0.29) is 13.0 Å². The number of aryl methyl sites for hydroxylation is 2. The van der Waals surface area contributed by atoms with E-state index in [0.717, 1.165) is 27.6 Å². The number of sulfonamides is 1. The molecule has 10 heteroatoms. The summed E-state index contributed by atoms with van der Waals surface area (Å²) in [5.41, 5.74) is 1.16. The summed E-state index contributed by atoms with van der Waals surface area (Å²) in [5.74, 6) is -0.522. The molecule has 30 heavy (non-hydrogen) atoms. The molecule has 0 radical (unpaired) electrons. The highest BCUT2D eigenvalue weighted by molar-refractivity contribution is 7.89. The van der Waals surface area contributed by atoms with Crippen molar-refractivity contribution in [3.8, 4) is 0 Å². The van der Waals surface area contributed by atoms with Crippen LogP contribution in [0.4, 0.5) is 18.9 Å². The molecular weight excluding hydrogens is 441 g/mol. The van der Waals surface area contributed by atoms with Crippen molar-refractivity contribution in [3.05, 3.63) is 58.1 Å². The number of carbonyl (C=O) groups is 1. The first-order valence-corrected chi connectivity index (χ1v) is 11.0. The molecule has 0 saturated carbocycles. The molecular formula is C20H20ClF3N2O3S. The largest absolute Gasteiger partial charge is 0.417 e. The molecule has 0 aromatic heterocycles. The fourth-order valence-electron chi connectivity index (χ4n) is 3.58. The summed E-state index contributed by atoms with van der Waals surface area (Å²) in [6.07, 6.45) is -4.10. The number of hydrogen-bond donors (Lipinski definition) is 1. The predicted octanol–water partition coefficient (Wildman–Crippen LogP) is 4.77. The second-order valence-corrected chi connectivity index (χ2v) is 9.58.